The van der Waals surface area contributed by atoms with Crippen LogP contribution >= 0.6 is 0 Å². The summed E-state index contributed by atoms with van der Waals surface area (Å²) in [5.41, 5.74) is 0. The fourth-order valence-electron chi connectivity index (χ4n) is 2.21. The molecule has 0 aromatic carbocycles. The Bertz CT molecular complexity index is 263. The first-order chi connectivity index (χ1) is 7.52. The quantitative estimate of drug-likeness (QED) is 0.767. The van der Waals surface area contributed by atoms with E-state index in [2.05, 4.69) is 5.32 Å². The zero-order valence-electron chi connectivity index (χ0n) is 10.0. The second-order valence-corrected chi connectivity index (χ2v) is 4.89. The average Bonchev–Trinajstić information content (AvgIpc) is 2.25. The van der Waals surface area contributed by atoms with E-state index in [0.717, 1.165) is 25.7 Å². The van der Waals surface area contributed by atoms with Gasteiger partial charge >= 0.3 is 5.97 Å². The largest absolute Gasteiger partial charge is 0.481 e. The van der Waals surface area contributed by atoms with Gasteiger partial charge in [0.2, 0.25) is 5.91 Å². The van der Waals surface area contributed by atoms with Gasteiger partial charge in [0.25, 0.3) is 0 Å². The fourth-order valence-corrected chi connectivity index (χ4v) is 2.21. The van der Waals surface area contributed by atoms with Gasteiger partial charge in [-0.3, -0.25) is 9.59 Å². The van der Waals surface area contributed by atoms with Crippen LogP contribution in [0.5, 0.6) is 0 Å². The predicted molar refractivity (Wildman–Crippen MR) is 60.9 cm³/mol. The highest BCUT2D eigenvalue weighted by Gasteiger charge is 2.30. The molecule has 2 N–H and O–H groups in total. The number of aliphatic carboxylic acids is 1. The molecule has 0 bridgehead atoms. The summed E-state index contributed by atoms with van der Waals surface area (Å²) < 4.78 is 0. The van der Waals surface area contributed by atoms with Crippen LogP contribution in [0.2, 0.25) is 0 Å². The van der Waals surface area contributed by atoms with Crippen LogP contribution < -0.4 is 5.32 Å². The first-order valence-corrected chi connectivity index (χ1v) is 6.03. The summed E-state index contributed by atoms with van der Waals surface area (Å²) in [4.78, 5) is 22.4. The third-order valence-electron chi connectivity index (χ3n) is 3.29. The number of carboxylic acid groups (broad SMARTS) is 1. The van der Waals surface area contributed by atoms with Crippen LogP contribution in [0.1, 0.15) is 39.5 Å². The Labute approximate surface area is 96.4 Å². The smallest absolute Gasteiger partial charge is 0.306 e. The van der Waals surface area contributed by atoms with Gasteiger partial charge < -0.3 is 10.4 Å². The van der Waals surface area contributed by atoms with E-state index in [4.69, 9.17) is 5.11 Å². The zero-order chi connectivity index (χ0) is 12.1. The molecule has 1 aliphatic rings. The predicted octanol–water partition coefficient (Wildman–Crippen LogP) is 1.65. The van der Waals surface area contributed by atoms with E-state index in [-0.39, 0.29) is 23.7 Å². The molecule has 0 aromatic rings. The molecule has 1 amide bonds. The first-order valence-electron chi connectivity index (χ1n) is 6.03. The van der Waals surface area contributed by atoms with Gasteiger partial charge in [0.15, 0.2) is 0 Å². The number of carbonyl (C=O) groups is 2. The fraction of sp³-hybridized carbons (Fsp3) is 0.833. The normalized spacial score (nSPS) is 25.4. The van der Waals surface area contributed by atoms with E-state index < -0.39 is 5.97 Å². The summed E-state index contributed by atoms with van der Waals surface area (Å²) >= 11 is 0. The summed E-state index contributed by atoms with van der Waals surface area (Å²) in [6.45, 7) is 4.18. The minimum absolute atomic E-state index is 0.00899. The molecule has 2 unspecified atom stereocenters. The minimum atomic E-state index is -0.719. The Morgan fingerprint density at radius 2 is 1.94 bits per heavy atom. The van der Waals surface area contributed by atoms with Crippen LogP contribution in [-0.2, 0) is 9.59 Å². The minimum Gasteiger partial charge on any atom is -0.481 e. The number of nitrogens with one attached hydrogen (secondary N) is 1. The van der Waals surface area contributed by atoms with Crippen molar-refractivity contribution in [1.82, 2.24) is 5.32 Å². The number of carboxylic acids is 1. The van der Waals surface area contributed by atoms with Crippen LogP contribution in [0.15, 0.2) is 0 Å². The molecule has 0 saturated heterocycles. The van der Waals surface area contributed by atoms with Crippen molar-refractivity contribution in [3.63, 3.8) is 0 Å². The van der Waals surface area contributed by atoms with Crippen LogP contribution in [-0.4, -0.2) is 23.5 Å². The van der Waals surface area contributed by atoms with E-state index in [1.54, 1.807) is 0 Å². The first kappa shape index (κ1) is 13.0. The monoisotopic (exact) mass is 227 g/mol. The molecule has 2 atom stereocenters. The lowest BCUT2D eigenvalue weighted by Gasteiger charge is -2.28. The van der Waals surface area contributed by atoms with Gasteiger partial charge in [-0.05, 0) is 18.8 Å². The van der Waals surface area contributed by atoms with E-state index in [1.807, 2.05) is 13.8 Å². The standard InChI is InChI=1S/C12H21NO3/c1-8(2)11(14)13-7-9-5-3-4-6-10(9)12(15)16/h8-10H,3-7H2,1-2H3,(H,13,14)(H,15,16). The van der Waals surface area contributed by atoms with Gasteiger partial charge in [0.1, 0.15) is 0 Å². The van der Waals surface area contributed by atoms with Gasteiger partial charge in [-0.25, -0.2) is 0 Å². The summed E-state index contributed by atoms with van der Waals surface area (Å²) in [6, 6.07) is 0. The maximum Gasteiger partial charge on any atom is 0.306 e. The Hall–Kier alpha value is -1.06. The molecule has 1 rings (SSSR count). The second-order valence-electron chi connectivity index (χ2n) is 4.89. The summed E-state index contributed by atoms with van der Waals surface area (Å²) in [7, 11) is 0. The van der Waals surface area contributed by atoms with Gasteiger partial charge in [-0.2, -0.15) is 0 Å². The molecule has 4 heteroatoms. The summed E-state index contributed by atoms with van der Waals surface area (Å²) in [5, 5.41) is 11.9. The summed E-state index contributed by atoms with van der Waals surface area (Å²) in [6.07, 6.45) is 3.73. The highest BCUT2D eigenvalue weighted by atomic mass is 16.4. The summed E-state index contributed by atoms with van der Waals surface area (Å²) in [5.74, 6) is -0.916. The topological polar surface area (TPSA) is 66.4 Å². The van der Waals surface area contributed by atoms with Crippen molar-refractivity contribution in [2.45, 2.75) is 39.5 Å². The van der Waals surface area contributed by atoms with Gasteiger partial charge in [-0.1, -0.05) is 26.7 Å². The van der Waals surface area contributed by atoms with E-state index >= 15 is 0 Å². The number of hydrogen-bond donors (Lipinski definition) is 2. The second kappa shape index (κ2) is 5.87. The molecular formula is C12H21NO3. The lowest BCUT2D eigenvalue weighted by atomic mass is 9.79. The number of rotatable bonds is 4. The van der Waals surface area contributed by atoms with Crippen LogP contribution in [0.4, 0.5) is 0 Å². The molecule has 16 heavy (non-hydrogen) atoms. The van der Waals surface area contributed by atoms with Crippen molar-refractivity contribution in [2.24, 2.45) is 17.8 Å². The molecule has 0 aromatic heterocycles. The molecule has 0 radical (unpaired) electrons. The SMILES string of the molecule is CC(C)C(=O)NCC1CCCCC1C(=O)O. The molecule has 1 aliphatic carbocycles. The molecule has 0 heterocycles. The number of amides is 1. The maximum absolute atomic E-state index is 11.4. The van der Waals surface area contributed by atoms with Crippen molar-refractivity contribution in [2.75, 3.05) is 6.54 Å². The molecule has 92 valence electrons. The van der Waals surface area contributed by atoms with E-state index in [0.29, 0.717) is 6.54 Å². The molecule has 1 saturated carbocycles. The Morgan fingerprint density at radius 1 is 1.31 bits per heavy atom. The molecule has 0 spiro atoms. The van der Waals surface area contributed by atoms with E-state index in [9.17, 15) is 9.59 Å². The van der Waals surface area contributed by atoms with Crippen molar-refractivity contribution >= 4 is 11.9 Å². The Balaban J connectivity index is 2.44. The van der Waals surface area contributed by atoms with Crippen LogP contribution in [0.3, 0.4) is 0 Å². The van der Waals surface area contributed by atoms with Crippen molar-refractivity contribution in [1.29, 1.82) is 0 Å². The molecule has 4 nitrogen and oxygen atoms in total. The van der Waals surface area contributed by atoms with Crippen LogP contribution in [0, 0.1) is 17.8 Å². The van der Waals surface area contributed by atoms with Gasteiger partial charge in [-0.15, -0.1) is 0 Å². The zero-order valence-corrected chi connectivity index (χ0v) is 10.0. The average molecular weight is 227 g/mol. The lowest BCUT2D eigenvalue weighted by Crippen LogP contribution is -2.38. The van der Waals surface area contributed by atoms with Crippen molar-refractivity contribution < 1.29 is 14.7 Å². The highest BCUT2D eigenvalue weighted by molar-refractivity contribution is 5.78. The third kappa shape index (κ3) is 3.51. The van der Waals surface area contributed by atoms with Gasteiger partial charge in [0, 0.05) is 12.5 Å². The maximum atomic E-state index is 11.4. The van der Waals surface area contributed by atoms with Crippen molar-refractivity contribution in [3.8, 4) is 0 Å². The Kier molecular flexibility index (Phi) is 4.77. The van der Waals surface area contributed by atoms with E-state index in [1.165, 1.54) is 0 Å². The lowest BCUT2D eigenvalue weighted by molar-refractivity contribution is -0.145. The molecular weight excluding hydrogens is 206 g/mol. The number of hydrogen-bond acceptors (Lipinski definition) is 2. The third-order valence-corrected chi connectivity index (χ3v) is 3.29. The van der Waals surface area contributed by atoms with Crippen molar-refractivity contribution in [3.05, 3.63) is 0 Å². The number of carbonyl (C=O) groups excluding carboxylic acids is 1. The molecule has 1 fully saturated rings. The van der Waals surface area contributed by atoms with Gasteiger partial charge in [0.05, 0.1) is 5.92 Å². The molecule has 0 aliphatic heterocycles. The van der Waals surface area contributed by atoms with Crippen LogP contribution in [0.25, 0.3) is 0 Å². The highest BCUT2D eigenvalue weighted by Crippen LogP contribution is 2.29. The Morgan fingerprint density at radius 3 is 2.50 bits per heavy atom.